The minimum atomic E-state index is -0.192. The summed E-state index contributed by atoms with van der Waals surface area (Å²) in [6.45, 7) is 11.6. The van der Waals surface area contributed by atoms with Gasteiger partial charge in [-0.15, -0.1) is 0 Å². The zero-order chi connectivity index (χ0) is 19.4. The first kappa shape index (κ1) is 20.3. The van der Waals surface area contributed by atoms with Crippen LogP contribution in [0.25, 0.3) is 11.1 Å². The Morgan fingerprint density at radius 3 is 1.81 bits per heavy atom. The summed E-state index contributed by atoms with van der Waals surface area (Å²) in [6.07, 6.45) is 2.02. The highest BCUT2D eigenvalue weighted by Crippen LogP contribution is 2.30. The third-order valence-corrected chi connectivity index (χ3v) is 4.26. The highest BCUT2D eigenvalue weighted by molar-refractivity contribution is 5.64. The summed E-state index contributed by atoms with van der Waals surface area (Å²) in [5.74, 6) is 1.58. The van der Waals surface area contributed by atoms with E-state index in [0.29, 0.717) is 12.5 Å². The maximum Gasteiger partial charge on any atom is 0.119 e. The number of hydrogen-bond acceptors (Lipinski definition) is 3. The van der Waals surface area contributed by atoms with Crippen LogP contribution in [0.3, 0.4) is 0 Å². The minimum absolute atomic E-state index is 0.192. The maximum absolute atomic E-state index is 9.40. The molecule has 0 aliphatic heterocycles. The molecule has 0 saturated heterocycles. The lowest BCUT2D eigenvalue weighted by Crippen LogP contribution is -2.37. The van der Waals surface area contributed by atoms with Gasteiger partial charge in [-0.05, 0) is 73.4 Å². The Balaban J connectivity index is 2.01. The van der Waals surface area contributed by atoms with Crippen molar-refractivity contribution in [1.29, 1.82) is 0 Å². The van der Waals surface area contributed by atoms with E-state index in [0.717, 1.165) is 29.7 Å². The van der Waals surface area contributed by atoms with Crippen molar-refractivity contribution in [1.82, 2.24) is 0 Å². The zero-order valence-electron chi connectivity index (χ0n) is 16.8. The predicted molar refractivity (Wildman–Crippen MR) is 109 cm³/mol. The number of rotatable bonds is 7. The van der Waals surface area contributed by atoms with Crippen molar-refractivity contribution in [3.63, 3.8) is 0 Å². The fourth-order valence-corrected chi connectivity index (χ4v) is 3.41. The first-order valence-corrected chi connectivity index (χ1v) is 9.33. The van der Waals surface area contributed by atoms with Crippen LogP contribution in [0, 0.1) is 11.3 Å². The number of phenolic OH excluding ortho intramolecular Hbond substituents is 1. The van der Waals surface area contributed by atoms with E-state index in [1.54, 1.807) is 12.1 Å². The van der Waals surface area contributed by atoms with Gasteiger partial charge in [-0.2, -0.15) is 0 Å². The first-order valence-electron chi connectivity index (χ1n) is 9.33. The first-order chi connectivity index (χ1) is 12.0. The summed E-state index contributed by atoms with van der Waals surface area (Å²) in [7, 11) is 0. The smallest absolute Gasteiger partial charge is 0.119 e. The molecular weight excluding hydrogens is 322 g/mol. The van der Waals surface area contributed by atoms with E-state index in [9.17, 15) is 5.11 Å². The van der Waals surface area contributed by atoms with Crippen molar-refractivity contribution in [3.05, 3.63) is 48.5 Å². The fourth-order valence-electron chi connectivity index (χ4n) is 3.41. The lowest BCUT2D eigenvalue weighted by atomic mass is 9.80. The Morgan fingerprint density at radius 1 is 0.846 bits per heavy atom. The van der Waals surface area contributed by atoms with Crippen molar-refractivity contribution in [2.75, 3.05) is 6.61 Å². The topological polar surface area (TPSA) is 55.5 Å². The molecule has 0 aromatic heterocycles. The quantitative estimate of drug-likeness (QED) is 0.678. The number of nitrogens with two attached hydrogens (primary N) is 1. The van der Waals surface area contributed by atoms with Gasteiger partial charge in [0, 0.05) is 5.54 Å². The normalized spacial score (nSPS) is 13.5. The SMILES string of the molecule is CC(C)(C)CC(COc1ccc(-c2ccc(O)cc2)cc1)CC(C)(C)N. The Hall–Kier alpha value is -2.00. The van der Waals surface area contributed by atoms with Gasteiger partial charge in [0.15, 0.2) is 0 Å². The van der Waals surface area contributed by atoms with Crippen molar-refractivity contribution >= 4 is 0 Å². The summed E-state index contributed by atoms with van der Waals surface area (Å²) in [5.41, 5.74) is 8.48. The van der Waals surface area contributed by atoms with Gasteiger partial charge in [0.2, 0.25) is 0 Å². The van der Waals surface area contributed by atoms with E-state index < -0.39 is 0 Å². The van der Waals surface area contributed by atoms with Gasteiger partial charge in [-0.25, -0.2) is 0 Å². The lowest BCUT2D eigenvalue weighted by Gasteiger charge is -2.31. The molecular formula is C23H33NO2. The summed E-state index contributed by atoms with van der Waals surface area (Å²) in [6, 6.07) is 15.3. The number of benzene rings is 2. The zero-order valence-corrected chi connectivity index (χ0v) is 16.8. The molecule has 2 aromatic carbocycles. The third kappa shape index (κ3) is 7.09. The molecule has 0 aliphatic rings. The molecule has 0 aliphatic carbocycles. The van der Waals surface area contributed by atoms with Crippen LogP contribution in [0.1, 0.15) is 47.5 Å². The Bertz CT molecular complexity index is 660. The summed E-state index contributed by atoms with van der Waals surface area (Å²) < 4.78 is 6.07. The predicted octanol–water partition coefficient (Wildman–Crippen LogP) is 5.62. The van der Waals surface area contributed by atoms with E-state index in [-0.39, 0.29) is 16.7 Å². The van der Waals surface area contributed by atoms with Gasteiger partial charge in [0.25, 0.3) is 0 Å². The third-order valence-electron chi connectivity index (χ3n) is 4.26. The van der Waals surface area contributed by atoms with Crippen molar-refractivity contribution in [2.24, 2.45) is 17.1 Å². The Labute approximate surface area is 158 Å². The number of aromatic hydroxyl groups is 1. The van der Waals surface area contributed by atoms with E-state index in [4.69, 9.17) is 10.5 Å². The molecule has 0 heterocycles. The van der Waals surface area contributed by atoms with Crippen LogP contribution < -0.4 is 10.5 Å². The fraction of sp³-hybridized carbons (Fsp3) is 0.478. The van der Waals surface area contributed by atoms with Gasteiger partial charge < -0.3 is 15.6 Å². The van der Waals surface area contributed by atoms with Gasteiger partial charge in [-0.1, -0.05) is 45.0 Å². The maximum atomic E-state index is 9.40. The van der Waals surface area contributed by atoms with Crippen molar-refractivity contribution in [2.45, 2.75) is 53.0 Å². The van der Waals surface area contributed by atoms with E-state index in [2.05, 4.69) is 34.6 Å². The molecule has 0 saturated carbocycles. The van der Waals surface area contributed by atoms with Crippen LogP contribution in [-0.2, 0) is 0 Å². The average Bonchev–Trinajstić information content (AvgIpc) is 2.51. The molecule has 2 rings (SSSR count). The van der Waals surface area contributed by atoms with Crippen LogP contribution in [0.4, 0.5) is 0 Å². The minimum Gasteiger partial charge on any atom is -0.508 e. The summed E-state index contributed by atoms with van der Waals surface area (Å²) >= 11 is 0. The molecule has 0 spiro atoms. The van der Waals surface area contributed by atoms with Gasteiger partial charge in [-0.3, -0.25) is 0 Å². The molecule has 1 unspecified atom stereocenters. The molecule has 2 aromatic rings. The van der Waals surface area contributed by atoms with Crippen LogP contribution in [-0.4, -0.2) is 17.3 Å². The molecule has 3 N–H and O–H groups in total. The van der Waals surface area contributed by atoms with E-state index >= 15 is 0 Å². The lowest BCUT2D eigenvalue weighted by molar-refractivity contribution is 0.167. The Morgan fingerprint density at radius 2 is 1.35 bits per heavy atom. The molecule has 142 valence electrons. The monoisotopic (exact) mass is 355 g/mol. The summed E-state index contributed by atoms with van der Waals surface area (Å²) in [5, 5.41) is 9.40. The number of ether oxygens (including phenoxy) is 1. The van der Waals surface area contributed by atoms with Gasteiger partial charge >= 0.3 is 0 Å². The molecule has 1 atom stereocenters. The molecule has 0 radical (unpaired) electrons. The van der Waals surface area contributed by atoms with Crippen molar-refractivity contribution < 1.29 is 9.84 Å². The number of hydrogen-bond donors (Lipinski definition) is 2. The average molecular weight is 356 g/mol. The molecule has 0 fully saturated rings. The standard InChI is InChI=1S/C23H33NO2/c1-22(2,3)14-17(15-23(4,5)24)16-26-21-12-8-19(9-13-21)18-6-10-20(25)11-7-18/h6-13,17,25H,14-16,24H2,1-5H3. The second kappa shape index (κ2) is 8.13. The second-order valence-electron chi connectivity index (χ2n) is 9.21. The molecule has 3 heteroatoms. The molecule has 0 bridgehead atoms. The highest BCUT2D eigenvalue weighted by atomic mass is 16.5. The van der Waals surface area contributed by atoms with E-state index in [1.807, 2.05) is 36.4 Å². The Kier molecular flexibility index (Phi) is 6.35. The molecule has 26 heavy (non-hydrogen) atoms. The summed E-state index contributed by atoms with van der Waals surface area (Å²) in [4.78, 5) is 0. The van der Waals surface area contributed by atoms with Gasteiger partial charge in [0.05, 0.1) is 6.61 Å². The largest absolute Gasteiger partial charge is 0.508 e. The second-order valence-corrected chi connectivity index (χ2v) is 9.21. The molecule has 3 nitrogen and oxygen atoms in total. The van der Waals surface area contributed by atoms with E-state index in [1.165, 1.54) is 0 Å². The van der Waals surface area contributed by atoms with Crippen LogP contribution in [0.5, 0.6) is 11.5 Å². The van der Waals surface area contributed by atoms with Crippen LogP contribution in [0.15, 0.2) is 48.5 Å². The highest BCUT2D eigenvalue weighted by Gasteiger charge is 2.24. The van der Waals surface area contributed by atoms with Crippen LogP contribution >= 0.6 is 0 Å². The van der Waals surface area contributed by atoms with Crippen LogP contribution in [0.2, 0.25) is 0 Å². The molecule has 0 amide bonds. The number of phenols is 1. The van der Waals surface area contributed by atoms with Gasteiger partial charge in [0.1, 0.15) is 11.5 Å². The van der Waals surface area contributed by atoms with Crippen molar-refractivity contribution in [3.8, 4) is 22.6 Å².